The maximum absolute atomic E-state index is 10.8. The highest BCUT2D eigenvalue weighted by Gasteiger charge is 2.01. The minimum Gasteiger partial charge on any atom is -0.478 e. The molecule has 0 aliphatic carbocycles. The predicted octanol–water partition coefficient (Wildman–Crippen LogP) is 5.51. The summed E-state index contributed by atoms with van der Waals surface area (Å²) in [7, 11) is 0. The standard InChI is InChI=1S/C21H27NO2/c1-2-3-4-5-6-7-17-8-10-18(11-9-17)16-22-20-14-12-19(13-15-20)21(23)24/h8-15,22H,2-7,16H2,1H3,(H,23,24). The fraction of sp³-hybridized carbons (Fsp3) is 0.381. The number of hydrogen-bond acceptors (Lipinski definition) is 2. The molecule has 0 heterocycles. The van der Waals surface area contributed by atoms with Crippen LogP contribution in [0.1, 0.15) is 60.5 Å². The second-order valence-corrected chi connectivity index (χ2v) is 6.22. The Morgan fingerprint density at radius 3 is 2.12 bits per heavy atom. The van der Waals surface area contributed by atoms with E-state index in [1.807, 2.05) is 0 Å². The van der Waals surface area contributed by atoms with Crippen LogP contribution in [-0.4, -0.2) is 11.1 Å². The van der Waals surface area contributed by atoms with E-state index in [1.54, 1.807) is 24.3 Å². The van der Waals surface area contributed by atoms with Gasteiger partial charge in [0, 0.05) is 12.2 Å². The van der Waals surface area contributed by atoms with Crippen molar-refractivity contribution in [2.45, 2.75) is 52.0 Å². The van der Waals surface area contributed by atoms with E-state index in [4.69, 9.17) is 5.11 Å². The third-order valence-electron chi connectivity index (χ3n) is 4.22. The number of carbonyl (C=O) groups is 1. The van der Waals surface area contributed by atoms with Gasteiger partial charge in [0.05, 0.1) is 5.56 Å². The lowest BCUT2D eigenvalue weighted by molar-refractivity contribution is 0.0697. The molecule has 3 nitrogen and oxygen atoms in total. The molecule has 0 aliphatic rings. The molecule has 2 N–H and O–H groups in total. The van der Waals surface area contributed by atoms with Gasteiger partial charge in [-0.25, -0.2) is 4.79 Å². The predicted molar refractivity (Wildman–Crippen MR) is 99.6 cm³/mol. The first-order valence-electron chi connectivity index (χ1n) is 8.84. The van der Waals surface area contributed by atoms with Gasteiger partial charge in [0.25, 0.3) is 0 Å². The van der Waals surface area contributed by atoms with Crippen molar-refractivity contribution in [3.63, 3.8) is 0 Å². The molecule has 2 aromatic carbocycles. The van der Waals surface area contributed by atoms with Crippen molar-refractivity contribution in [2.24, 2.45) is 0 Å². The molecule has 0 aromatic heterocycles. The number of benzene rings is 2. The summed E-state index contributed by atoms with van der Waals surface area (Å²) in [5, 5.41) is 12.2. The highest BCUT2D eigenvalue weighted by atomic mass is 16.4. The Hall–Kier alpha value is -2.29. The molecule has 0 spiro atoms. The summed E-state index contributed by atoms with van der Waals surface area (Å²) in [4.78, 5) is 10.8. The molecule has 0 saturated carbocycles. The van der Waals surface area contributed by atoms with Crippen molar-refractivity contribution in [3.8, 4) is 0 Å². The van der Waals surface area contributed by atoms with Gasteiger partial charge < -0.3 is 10.4 Å². The second kappa shape index (κ2) is 9.76. The highest BCUT2D eigenvalue weighted by Crippen LogP contribution is 2.13. The molecule has 0 fully saturated rings. The molecule has 0 atom stereocenters. The van der Waals surface area contributed by atoms with E-state index in [1.165, 1.54) is 43.2 Å². The Balaban J connectivity index is 1.76. The molecule has 2 aromatic rings. The number of unbranched alkanes of at least 4 members (excludes halogenated alkanes) is 4. The molecular weight excluding hydrogens is 298 g/mol. The van der Waals surface area contributed by atoms with Gasteiger partial charge >= 0.3 is 5.97 Å². The van der Waals surface area contributed by atoms with E-state index >= 15 is 0 Å². The van der Waals surface area contributed by atoms with Crippen LogP contribution < -0.4 is 5.32 Å². The van der Waals surface area contributed by atoms with Crippen LogP contribution in [0.4, 0.5) is 5.69 Å². The van der Waals surface area contributed by atoms with Crippen molar-refractivity contribution in [3.05, 3.63) is 65.2 Å². The number of rotatable bonds is 10. The van der Waals surface area contributed by atoms with Gasteiger partial charge in [-0.2, -0.15) is 0 Å². The molecule has 0 saturated heterocycles. The van der Waals surface area contributed by atoms with Gasteiger partial charge in [0.15, 0.2) is 0 Å². The Morgan fingerprint density at radius 1 is 0.875 bits per heavy atom. The number of anilines is 1. The smallest absolute Gasteiger partial charge is 0.335 e. The van der Waals surface area contributed by atoms with E-state index in [-0.39, 0.29) is 0 Å². The van der Waals surface area contributed by atoms with Crippen molar-refractivity contribution < 1.29 is 9.90 Å². The highest BCUT2D eigenvalue weighted by molar-refractivity contribution is 5.87. The Morgan fingerprint density at radius 2 is 1.50 bits per heavy atom. The van der Waals surface area contributed by atoms with Crippen molar-refractivity contribution in [1.82, 2.24) is 0 Å². The second-order valence-electron chi connectivity index (χ2n) is 6.22. The topological polar surface area (TPSA) is 49.3 Å². The molecule has 128 valence electrons. The number of aromatic carboxylic acids is 1. The maximum Gasteiger partial charge on any atom is 0.335 e. The number of aryl methyl sites for hydroxylation is 1. The van der Waals surface area contributed by atoms with Gasteiger partial charge in [0.2, 0.25) is 0 Å². The fourth-order valence-corrected chi connectivity index (χ4v) is 2.69. The average Bonchev–Trinajstić information content (AvgIpc) is 2.61. The van der Waals surface area contributed by atoms with E-state index in [0.29, 0.717) is 5.56 Å². The van der Waals surface area contributed by atoms with Crippen molar-refractivity contribution in [2.75, 3.05) is 5.32 Å². The maximum atomic E-state index is 10.8. The third-order valence-corrected chi connectivity index (χ3v) is 4.22. The first kappa shape index (κ1) is 18.1. The molecule has 0 unspecified atom stereocenters. The van der Waals surface area contributed by atoms with Gasteiger partial charge in [-0.05, 0) is 48.2 Å². The minimum atomic E-state index is -0.896. The summed E-state index contributed by atoms with van der Waals surface area (Å²) in [5.74, 6) is -0.896. The zero-order valence-electron chi connectivity index (χ0n) is 14.4. The van der Waals surface area contributed by atoms with Crippen LogP contribution in [0.5, 0.6) is 0 Å². The molecule has 24 heavy (non-hydrogen) atoms. The van der Waals surface area contributed by atoms with Crippen LogP contribution in [0.3, 0.4) is 0 Å². The number of hydrogen-bond donors (Lipinski definition) is 2. The lowest BCUT2D eigenvalue weighted by Gasteiger charge is -2.08. The monoisotopic (exact) mass is 325 g/mol. The molecule has 0 radical (unpaired) electrons. The Labute approximate surface area is 144 Å². The van der Waals surface area contributed by atoms with Gasteiger partial charge in [-0.1, -0.05) is 56.9 Å². The Bertz CT molecular complexity index is 617. The quantitative estimate of drug-likeness (QED) is 0.566. The van der Waals surface area contributed by atoms with Crippen LogP contribution in [0.2, 0.25) is 0 Å². The summed E-state index contributed by atoms with van der Waals surface area (Å²) < 4.78 is 0. The van der Waals surface area contributed by atoms with Crippen molar-refractivity contribution >= 4 is 11.7 Å². The number of carboxylic acid groups (broad SMARTS) is 1. The summed E-state index contributed by atoms with van der Waals surface area (Å²) in [5.41, 5.74) is 3.87. The molecular formula is C21H27NO2. The summed E-state index contributed by atoms with van der Waals surface area (Å²) >= 11 is 0. The van der Waals surface area contributed by atoms with Gasteiger partial charge in [-0.15, -0.1) is 0 Å². The van der Waals surface area contributed by atoms with Gasteiger partial charge in [-0.3, -0.25) is 0 Å². The lowest BCUT2D eigenvalue weighted by atomic mass is 10.0. The fourth-order valence-electron chi connectivity index (χ4n) is 2.69. The first-order valence-corrected chi connectivity index (χ1v) is 8.84. The zero-order chi connectivity index (χ0) is 17.2. The normalized spacial score (nSPS) is 10.5. The van der Waals surface area contributed by atoms with E-state index in [2.05, 4.69) is 36.5 Å². The molecule has 3 heteroatoms. The number of nitrogens with one attached hydrogen (secondary N) is 1. The van der Waals surface area contributed by atoms with E-state index < -0.39 is 5.97 Å². The van der Waals surface area contributed by atoms with Crippen LogP contribution in [0.25, 0.3) is 0 Å². The summed E-state index contributed by atoms with van der Waals surface area (Å²) in [6.07, 6.45) is 7.74. The SMILES string of the molecule is CCCCCCCc1ccc(CNc2ccc(C(=O)O)cc2)cc1. The van der Waals surface area contributed by atoms with Crippen LogP contribution in [0.15, 0.2) is 48.5 Å². The molecule has 0 amide bonds. The van der Waals surface area contributed by atoms with E-state index in [9.17, 15) is 4.79 Å². The molecule has 2 rings (SSSR count). The van der Waals surface area contributed by atoms with Crippen LogP contribution in [0, 0.1) is 0 Å². The first-order chi connectivity index (χ1) is 11.7. The van der Waals surface area contributed by atoms with E-state index in [0.717, 1.165) is 18.7 Å². The largest absolute Gasteiger partial charge is 0.478 e. The third kappa shape index (κ3) is 6.07. The van der Waals surface area contributed by atoms with Crippen molar-refractivity contribution in [1.29, 1.82) is 0 Å². The minimum absolute atomic E-state index is 0.309. The average molecular weight is 325 g/mol. The lowest BCUT2D eigenvalue weighted by Crippen LogP contribution is -2.01. The summed E-state index contributed by atoms with van der Waals surface area (Å²) in [6.45, 7) is 2.98. The van der Waals surface area contributed by atoms with Gasteiger partial charge in [0.1, 0.15) is 0 Å². The number of carboxylic acids is 1. The molecule has 0 bridgehead atoms. The Kier molecular flexibility index (Phi) is 7.34. The molecule has 0 aliphatic heterocycles. The summed E-state index contributed by atoms with van der Waals surface area (Å²) in [6, 6.07) is 15.6. The van der Waals surface area contributed by atoms with Crippen LogP contribution in [-0.2, 0) is 13.0 Å². The van der Waals surface area contributed by atoms with Crippen LogP contribution >= 0.6 is 0 Å². The zero-order valence-corrected chi connectivity index (χ0v) is 14.4.